The van der Waals surface area contributed by atoms with Gasteiger partial charge in [0.2, 0.25) is 0 Å². The summed E-state index contributed by atoms with van der Waals surface area (Å²) >= 11 is 0. The van der Waals surface area contributed by atoms with Gasteiger partial charge in [0, 0.05) is 38.6 Å². The monoisotopic (exact) mass is 314 g/mol. The van der Waals surface area contributed by atoms with E-state index in [0.717, 1.165) is 37.3 Å². The average Bonchev–Trinajstić information content (AvgIpc) is 2.99. The van der Waals surface area contributed by atoms with Gasteiger partial charge in [-0.05, 0) is 62.1 Å². The molecule has 2 fully saturated rings. The molecule has 4 nitrogen and oxygen atoms in total. The second kappa shape index (κ2) is 7.80. The molecule has 1 N–H and O–H groups in total. The van der Waals surface area contributed by atoms with E-state index in [4.69, 9.17) is 4.99 Å². The standard InChI is InChI=1S/C19H30N4/c1-3-21-19(22-11-9-16-8-10-20-12-15(16)2)23-13-17-6-4-5-7-18(17)14-23/h8,10,12,17-18H,3-7,9,11,13-14H2,1-2H3,(H,21,22). The number of fused-ring (bicyclic) bond motifs is 1. The van der Waals surface area contributed by atoms with E-state index in [1.54, 1.807) is 0 Å². The van der Waals surface area contributed by atoms with Crippen LogP contribution in [0.4, 0.5) is 0 Å². The fourth-order valence-corrected chi connectivity index (χ4v) is 4.07. The Balaban J connectivity index is 1.61. The molecule has 2 unspecified atom stereocenters. The molecule has 0 bridgehead atoms. The molecule has 0 aromatic carbocycles. The van der Waals surface area contributed by atoms with E-state index in [9.17, 15) is 0 Å². The Morgan fingerprint density at radius 2 is 2.04 bits per heavy atom. The maximum atomic E-state index is 4.90. The van der Waals surface area contributed by atoms with E-state index >= 15 is 0 Å². The van der Waals surface area contributed by atoms with Gasteiger partial charge in [0.25, 0.3) is 0 Å². The molecule has 0 spiro atoms. The number of nitrogens with zero attached hydrogens (tertiary/aromatic N) is 3. The summed E-state index contributed by atoms with van der Waals surface area (Å²) in [4.78, 5) is 11.6. The van der Waals surface area contributed by atoms with Crippen molar-refractivity contribution in [2.24, 2.45) is 16.8 Å². The third-order valence-electron chi connectivity index (χ3n) is 5.39. The van der Waals surface area contributed by atoms with Gasteiger partial charge in [-0.15, -0.1) is 0 Å². The van der Waals surface area contributed by atoms with Crippen molar-refractivity contribution in [3.05, 3.63) is 29.6 Å². The van der Waals surface area contributed by atoms with Crippen molar-refractivity contribution in [1.82, 2.24) is 15.2 Å². The maximum absolute atomic E-state index is 4.90. The molecule has 1 saturated heterocycles. The largest absolute Gasteiger partial charge is 0.357 e. The summed E-state index contributed by atoms with van der Waals surface area (Å²) in [6.45, 7) is 8.47. The van der Waals surface area contributed by atoms with Crippen LogP contribution in [0.2, 0.25) is 0 Å². The smallest absolute Gasteiger partial charge is 0.193 e. The molecule has 0 amide bonds. The first-order valence-corrected chi connectivity index (χ1v) is 9.20. The fraction of sp³-hybridized carbons (Fsp3) is 0.684. The Kier molecular flexibility index (Phi) is 5.52. The highest BCUT2D eigenvalue weighted by atomic mass is 15.3. The minimum absolute atomic E-state index is 0.846. The quantitative estimate of drug-likeness (QED) is 0.686. The number of aryl methyl sites for hydroxylation is 1. The number of hydrogen-bond acceptors (Lipinski definition) is 2. The SMILES string of the molecule is CCNC(=NCCc1ccncc1C)N1CC2CCCCC2C1. The highest BCUT2D eigenvalue weighted by Gasteiger charge is 2.35. The van der Waals surface area contributed by atoms with Gasteiger partial charge in [0.15, 0.2) is 5.96 Å². The van der Waals surface area contributed by atoms with Crippen molar-refractivity contribution in [3.8, 4) is 0 Å². The van der Waals surface area contributed by atoms with E-state index in [2.05, 4.69) is 35.1 Å². The summed E-state index contributed by atoms with van der Waals surface area (Å²) in [5.74, 6) is 2.92. The molecule has 1 aliphatic carbocycles. The number of aromatic nitrogens is 1. The third-order valence-corrected chi connectivity index (χ3v) is 5.39. The van der Waals surface area contributed by atoms with Gasteiger partial charge in [-0.1, -0.05) is 12.8 Å². The lowest BCUT2D eigenvalue weighted by atomic mass is 9.82. The van der Waals surface area contributed by atoms with Crippen molar-refractivity contribution in [2.45, 2.75) is 46.0 Å². The fourth-order valence-electron chi connectivity index (χ4n) is 4.07. The van der Waals surface area contributed by atoms with E-state index in [0.29, 0.717) is 0 Å². The minimum Gasteiger partial charge on any atom is -0.357 e. The molecule has 23 heavy (non-hydrogen) atoms. The Morgan fingerprint density at radius 1 is 1.30 bits per heavy atom. The first kappa shape index (κ1) is 16.3. The molecule has 3 rings (SSSR count). The highest BCUT2D eigenvalue weighted by molar-refractivity contribution is 5.80. The van der Waals surface area contributed by atoms with Crippen molar-refractivity contribution < 1.29 is 0 Å². The summed E-state index contributed by atoms with van der Waals surface area (Å²) in [5, 5.41) is 3.50. The Hall–Kier alpha value is -1.58. The van der Waals surface area contributed by atoms with Crippen LogP contribution in [0.1, 0.15) is 43.7 Å². The zero-order chi connectivity index (χ0) is 16.1. The number of guanidine groups is 1. The van der Waals surface area contributed by atoms with Crippen LogP contribution >= 0.6 is 0 Å². The number of aliphatic imine (C=N–C) groups is 1. The summed E-state index contributed by atoms with van der Waals surface area (Å²) < 4.78 is 0. The third kappa shape index (κ3) is 4.04. The zero-order valence-electron chi connectivity index (χ0n) is 14.6. The van der Waals surface area contributed by atoms with Crippen LogP contribution in [-0.4, -0.2) is 42.0 Å². The summed E-state index contributed by atoms with van der Waals surface area (Å²) in [6, 6.07) is 2.11. The van der Waals surface area contributed by atoms with Gasteiger partial charge >= 0.3 is 0 Å². The molecule has 1 aromatic heterocycles. The molecule has 0 radical (unpaired) electrons. The van der Waals surface area contributed by atoms with E-state index in [1.165, 1.54) is 49.9 Å². The zero-order valence-corrected chi connectivity index (χ0v) is 14.6. The number of nitrogens with one attached hydrogen (secondary N) is 1. The van der Waals surface area contributed by atoms with Gasteiger partial charge in [-0.3, -0.25) is 9.98 Å². The van der Waals surface area contributed by atoms with Crippen molar-refractivity contribution >= 4 is 5.96 Å². The normalized spacial score (nSPS) is 24.6. The van der Waals surface area contributed by atoms with Gasteiger partial charge in [-0.2, -0.15) is 0 Å². The first-order valence-electron chi connectivity index (χ1n) is 9.20. The van der Waals surface area contributed by atoms with E-state index < -0.39 is 0 Å². The second-order valence-corrected chi connectivity index (χ2v) is 7.00. The molecule has 1 aromatic rings. The Morgan fingerprint density at radius 3 is 2.70 bits per heavy atom. The minimum atomic E-state index is 0.846. The van der Waals surface area contributed by atoms with Crippen LogP contribution in [-0.2, 0) is 6.42 Å². The number of hydrogen-bond donors (Lipinski definition) is 1. The van der Waals surface area contributed by atoms with Gasteiger partial charge < -0.3 is 10.2 Å². The molecule has 4 heteroatoms. The van der Waals surface area contributed by atoms with Gasteiger partial charge in [-0.25, -0.2) is 0 Å². The summed E-state index contributed by atoms with van der Waals surface area (Å²) in [7, 11) is 0. The number of pyridine rings is 1. The van der Waals surface area contributed by atoms with Crippen LogP contribution in [0.25, 0.3) is 0 Å². The van der Waals surface area contributed by atoms with Crippen LogP contribution in [0.15, 0.2) is 23.5 Å². The number of likely N-dealkylation sites (tertiary alicyclic amines) is 1. The second-order valence-electron chi connectivity index (χ2n) is 7.00. The predicted molar refractivity (Wildman–Crippen MR) is 95.7 cm³/mol. The molecule has 1 saturated carbocycles. The van der Waals surface area contributed by atoms with Crippen LogP contribution in [0.5, 0.6) is 0 Å². The van der Waals surface area contributed by atoms with Crippen molar-refractivity contribution in [3.63, 3.8) is 0 Å². The molecule has 1 aliphatic heterocycles. The van der Waals surface area contributed by atoms with E-state index in [1.807, 2.05) is 12.4 Å². The molecule has 2 aliphatic rings. The summed E-state index contributed by atoms with van der Waals surface area (Å²) in [6.07, 6.45) is 10.5. The lowest BCUT2D eigenvalue weighted by Crippen LogP contribution is -2.40. The first-order chi connectivity index (χ1) is 11.3. The van der Waals surface area contributed by atoms with Crippen molar-refractivity contribution in [1.29, 1.82) is 0 Å². The lowest BCUT2D eigenvalue weighted by Gasteiger charge is -2.22. The topological polar surface area (TPSA) is 40.5 Å². The van der Waals surface area contributed by atoms with Gasteiger partial charge in [0.1, 0.15) is 0 Å². The highest BCUT2D eigenvalue weighted by Crippen LogP contribution is 2.35. The average molecular weight is 314 g/mol. The van der Waals surface area contributed by atoms with Gasteiger partial charge in [0.05, 0.1) is 0 Å². The molecule has 2 heterocycles. The maximum Gasteiger partial charge on any atom is 0.193 e. The molecule has 2 atom stereocenters. The molecular weight excluding hydrogens is 284 g/mol. The van der Waals surface area contributed by atoms with E-state index in [-0.39, 0.29) is 0 Å². The predicted octanol–water partition coefficient (Wildman–Crippen LogP) is 3.02. The Bertz CT molecular complexity index is 526. The molecular formula is C19H30N4. The van der Waals surface area contributed by atoms with Crippen LogP contribution in [0.3, 0.4) is 0 Å². The molecule has 126 valence electrons. The van der Waals surface area contributed by atoms with Crippen LogP contribution < -0.4 is 5.32 Å². The lowest BCUT2D eigenvalue weighted by molar-refractivity contribution is 0.299. The number of rotatable bonds is 4. The Labute approximate surface area is 140 Å². The van der Waals surface area contributed by atoms with Crippen LogP contribution in [0, 0.1) is 18.8 Å². The summed E-state index contributed by atoms with van der Waals surface area (Å²) in [5.41, 5.74) is 2.62. The van der Waals surface area contributed by atoms with Crippen molar-refractivity contribution in [2.75, 3.05) is 26.2 Å².